The van der Waals surface area contributed by atoms with Gasteiger partial charge in [0.15, 0.2) is 0 Å². The molecule has 1 fully saturated rings. The number of carbonyl (C=O) groups excluding carboxylic acids is 2. The van der Waals surface area contributed by atoms with E-state index < -0.39 is 0 Å². The Morgan fingerprint density at radius 2 is 1.56 bits per heavy atom. The Hall–Kier alpha value is -0.170. The number of hydroxylamine groups is 2. The van der Waals surface area contributed by atoms with Gasteiger partial charge >= 0.3 is 0 Å². The van der Waals surface area contributed by atoms with Gasteiger partial charge in [-0.2, -0.15) is 5.06 Å². The van der Waals surface area contributed by atoms with E-state index in [1.165, 1.54) is 23.7 Å². The van der Waals surface area contributed by atoms with Crippen molar-refractivity contribution in [1.29, 1.82) is 0 Å². The van der Waals surface area contributed by atoms with Gasteiger partial charge in [-0.1, -0.05) is 41.9 Å². The van der Waals surface area contributed by atoms with Crippen LogP contribution in [0.5, 0.6) is 0 Å². The molecular weight excluding hydrogens is 321 g/mol. The topological polar surface area (TPSA) is 46.6 Å². The van der Waals surface area contributed by atoms with E-state index in [1.807, 2.05) is 0 Å². The molecule has 1 heterocycles. The van der Waals surface area contributed by atoms with Crippen molar-refractivity contribution in [3.05, 3.63) is 0 Å². The maximum absolute atomic E-state index is 11.2. The average Bonchev–Trinajstić information content (AvgIpc) is 2.59. The maximum atomic E-state index is 11.2. The SMILES string of the molecule is O=C1CCC(=O)N1OCCCCCCCI. The minimum absolute atomic E-state index is 0.199. The van der Waals surface area contributed by atoms with Crippen molar-refractivity contribution in [2.75, 3.05) is 11.0 Å². The van der Waals surface area contributed by atoms with E-state index in [9.17, 15) is 9.59 Å². The lowest BCUT2D eigenvalue weighted by Gasteiger charge is -2.12. The molecule has 2 amide bonds. The lowest BCUT2D eigenvalue weighted by Crippen LogP contribution is -2.29. The summed E-state index contributed by atoms with van der Waals surface area (Å²) in [5.74, 6) is -0.398. The molecule has 4 nitrogen and oxygen atoms in total. The number of amides is 2. The number of alkyl halides is 1. The summed E-state index contributed by atoms with van der Waals surface area (Å²) in [6, 6.07) is 0. The first-order valence-corrected chi connectivity index (χ1v) is 7.33. The van der Waals surface area contributed by atoms with Crippen LogP contribution in [0, 0.1) is 0 Å². The van der Waals surface area contributed by atoms with Gasteiger partial charge in [0.2, 0.25) is 0 Å². The van der Waals surface area contributed by atoms with Crippen LogP contribution in [-0.2, 0) is 14.4 Å². The molecule has 1 aliphatic rings. The fraction of sp³-hybridized carbons (Fsp3) is 0.818. The zero-order valence-corrected chi connectivity index (χ0v) is 11.6. The van der Waals surface area contributed by atoms with Crippen LogP contribution in [0.25, 0.3) is 0 Å². The van der Waals surface area contributed by atoms with Crippen molar-refractivity contribution < 1.29 is 14.4 Å². The van der Waals surface area contributed by atoms with Crippen LogP contribution in [0.1, 0.15) is 44.9 Å². The lowest BCUT2D eigenvalue weighted by molar-refractivity contribution is -0.187. The van der Waals surface area contributed by atoms with E-state index in [2.05, 4.69) is 22.6 Å². The van der Waals surface area contributed by atoms with E-state index in [4.69, 9.17) is 4.84 Å². The van der Waals surface area contributed by atoms with Gasteiger partial charge in [-0.15, -0.1) is 0 Å². The Morgan fingerprint density at radius 1 is 1.00 bits per heavy atom. The van der Waals surface area contributed by atoms with Crippen molar-refractivity contribution >= 4 is 34.4 Å². The van der Waals surface area contributed by atoms with Gasteiger partial charge < -0.3 is 0 Å². The molecule has 0 spiro atoms. The molecule has 5 heteroatoms. The fourth-order valence-corrected chi connectivity index (χ4v) is 2.12. The second-order valence-corrected chi connectivity index (χ2v) is 4.95. The molecule has 1 aliphatic heterocycles. The zero-order chi connectivity index (χ0) is 11.8. The first kappa shape index (κ1) is 13.9. The average molecular weight is 339 g/mol. The number of rotatable bonds is 8. The molecule has 0 aromatic heterocycles. The first-order valence-electron chi connectivity index (χ1n) is 5.80. The van der Waals surface area contributed by atoms with Crippen molar-refractivity contribution in [3.63, 3.8) is 0 Å². The van der Waals surface area contributed by atoms with Crippen LogP contribution in [-0.4, -0.2) is 27.9 Å². The largest absolute Gasteiger partial charge is 0.272 e. The molecule has 0 atom stereocenters. The van der Waals surface area contributed by atoms with Gasteiger partial charge in [-0.05, 0) is 17.3 Å². The standard InChI is InChI=1S/C11H18INO3/c12-8-4-2-1-3-5-9-16-13-10(14)6-7-11(13)15/h1-9H2. The maximum Gasteiger partial charge on any atom is 0.253 e. The quantitative estimate of drug-likeness (QED) is 0.295. The molecule has 92 valence electrons. The molecule has 16 heavy (non-hydrogen) atoms. The molecule has 0 unspecified atom stereocenters. The summed E-state index contributed by atoms with van der Waals surface area (Å²) in [5, 5.41) is 0.935. The minimum atomic E-state index is -0.199. The summed E-state index contributed by atoms with van der Waals surface area (Å²) in [4.78, 5) is 27.5. The lowest BCUT2D eigenvalue weighted by atomic mass is 10.2. The smallest absolute Gasteiger partial charge is 0.253 e. The minimum Gasteiger partial charge on any atom is -0.272 e. The van der Waals surface area contributed by atoms with E-state index in [-0.39, 0.29) is 11.8 Å². The molecule has 0 aromatic rings. The van der Waals surface area contributed by atoms with E-state index in [0.29, 0.717) is 19.4 Å². The predicted octanol–water partition coefficient (Wildman–Crippen LogP) is 2.45. The Kier molecular flexibility index (Phi) is 6.95. The van der Waals surface area contributed by atoms with Crippen molar-refractivity contribution in [2.45, 2.75) is 44.9 Å². The summed E-state index contributed by atoms with van der Waals surface area (Å²) in [6.07, 6.45) is 6.34. The Labute approximate surface area is 110 Å². The van der Waals surface area contributed by atoms with Gasteiger partial charge in [-0.25, -0.2) is 0 Å². The van der Waals surface area contributed by atoms with Crippen LogP contribution in [0.15, 0.2) is 0 Å². The highest BCUT2D eigenvalue weighted by atomic mass is 127. The second-order valence-electron chi connectivity index (χ2n) is 3.87. The van der Waals surface area contributed by atoms with Crippen molar-refractivity contribution in [3.8, 4) is 0 Å². The van der Waals surface area contributed by atoms with Crippen LogP contribution in [0.4, 0.5) is 0 Å². The molecule has 0 aliphatic carbocycles. The third-order valence-corrected chi connectivity index (χ3v) is 3.27. The number of imide groups is 1. The number of carbonyl (C=O) groups is 2. The molecule has 1 saturated heterocycles. The van der Waals surface area contributed by atoms with Crippen molar-refractivity contribution in [2.24, 2.45) is 0 Å². The number of nitrogens with zero attached hydrogens (tertiary/aromatic N) is 1. The molecule has 0 bridgehead atoms. The Balaban J connectivity index is 1.98. The summed E-state index contributed by atoms with van der Waals surface area (Å²) in [6.45, 7) is 0.474. The monoisotopic (exact) mass is 339 g/mol. The highest BCUT2D eigenvalue weighted by molar-refractivity contribution is 14.1. The normalized spacial score (nSPS) is 16.2. The summed E-state index contributed by atoms with van der Waals surface area (Å²) >= 11 is 2.38. The van der Waals surface area contributed by atoms with E-state index in [0.717, 1.165) is 17.9 Å². The fourth-order valence-electron chi connectivity index (χ4n) is 1.58. The van der Waals surface area contributed by atoms with Crippen LogP contribution >= 0.6 is 22.6 Å². The van der Waals surface area contributed by atoms with Crippen LogP contribution in [0.2, 0.25) is 0 Å². The molecule has 0 N–H and O–H groups in total. The van der Waals surface area contributed by atoms with Gasteiger partial charge in [0, 0.05) is 12.8 Å². The first-order chi connectivity index (χ1) is 7.75. The summed E-state index contributed by atoms with van der Waals surface area (Å²) in [7, 11) is 0. The molecule has 0 aromatic carbocycles. The molecule has 0 radical (unpaired) electrons. The summed E-state index contributed by atoms with van der Waals surface area (Å²) in [5.41, 5.74) is 0. The van der Waals surface area contributed by atoms with E-state index in [1.54, 1.807) is 0 Å². The Morgan fingerprint density at radius 3 is 2.19 bits per heavy atom. The van der Waals surface area contributed by atoms with E-state index >= 15 is 0 Å². The number of halogens is 1. The molecule has 1 rings (SSSR count). The summed E-state index contributed by atoms with van der Waals surface area (Å²) < 4.78 is 1.21. The molecule has 0 saturated carbocycles. The Bertz CT molecular complexity index is 229. The van der Waals surface area contributed by atoms with Crippen molar-refractivity contribution in [1.82, 2.24) is 5.06 Å². The number of hydrogen-bond donors (Lipinski definition) is 0. The zero-order valence-electron chi connectivity index (χ0n) is 9.41. The predicted molar refractivity (Wildman–Crippen MR) is 69.0 cm³/mol. The second kappa shape index (κ2) is 8.00. The third-order valence-electron chi connectivity index (χ3n) is 2.50. The highest BCUT2D eigenvalue weighted by Gasteiger charge is 2.29. The van der Waals surface area contributed by atoms with Gasteiger partial charge in [-0.3, -0.25) is 14.4 Å². The number of hydrogen-bond acceptors (Lipinski definition) is 3. The van der Waals surface area contributed by atoms with Crippen LogP contribution < -0.4 is 0 Å². The van der Waals surface area contributed by atoms with Gasteiger partial charge in [0.05, 0.1) is 6.61 Å². The third kappa shape index (κ3) is 4.78. The van der Waals surface area contributed by atoms with Crippen LogP contribution in [0.3, 0.4) is 0 Å². The van der Waals surface area contributed by atoms with Gasteiger partial charge in [0.25, 0.3) is 11.8 Å². The molecular formula is C11H18INO3. The van der Waals surface area contributed by atoms with Gasteiger partial charge in [0.1, 0.15) is 0 Å². The number of unbranched alkanes of at least 4 members (excludes halogenated alkanes) is 4. The highest BCUT2D eigenvalue weighted by Crippen LogP contribution is 2.12.